The molecule has 3 rings (SSSR count). The molecule has 0 aliphatic carbocycles. The first-order valence-corrected chi connectivity index (χ1v) is 8.51. The number of nitrogens with zero attached hydrogens (tertiary/aromatic N) is 3. The van der Waals surface area contributed by atoms with Crippen LogP contribution in [0.3, 0.4) is 0 Å². The van der Waals surface area contributed by atoms with E-state index in [0.29, 0.717) is 35.4 Å². The van der Waals surface area contributed by atoms with Gasteiger partial charge in [0.15, 0.2) is 0 Å². The van der Waals surface area contributed by atoms with Crippen molar-refractivity contribution in [2.75, 3.05) is 23.7 Å². The lowest BCUT2D eigenvalue weighted by Gasteiger charge is -2.10. The molecule has 134 valence electrons. The maximum atomic E-state index is 11.9. The smallest absolute Gasteiger partial charge is 0.319 e. The van der Waals surface area contributed by atoms with Crippen LogP contribution in [-0.4, -0.2) is 33.7 Å². The molecule has 0 fully saturated rings. The van der Waals surface area contributed by atoms with E-state index in [0.717, 1.165) is 5.82 Å². The van der Waals surface area contributed by atoms with E-state index in [1.807, 2.05) is 42.1 Å². The largest absolute Gasteiger partial charge is 0.368 e. The summed E-state index contributed by atoms with van der Waals surface area (Å²) >= 11 is 5.82. The molecule has 26 heavy (non-hydrogen) atoms. The van der Waals surface area contributed by atoms with E-state index in [-0.39, 0.29) is 6.03 Å². The molecule has 0 radical (unpaired) electrons. The topological polar surface area (TPSA) is 83.9 Å². The summed E-state index contributed by atoms with van der Waals surface area (Å²) in [4.78, 5) is 20.6. The first kappa shape index (κ1) is 17.8. The van der Waals surface area contributed by atoms with Gasteiger partial charge in [0.25, 0.3) is 0 Å². The third kappa shape index (κ3) is 4.97. The van der Waals surface area contributed by atoms with Crippen LogP contribution in [0, 0.1) is 6.92 Å². The lowest BCUT2D eigenvalue weighted by Crippen LogP contribution is -2.32. The second-order valence-corrected chi connectivity index (χ2v) is 6.00. The Morgan fingerprint density at radius 2 is 1.85 bits per heavy atom. The molecular weight excluding hydrogens is 352 g/mol. The minimum absolute atomic E-state index is 0.277. The molecule has 0 saturated carbocycles. The van der Waals surface area contributed by atoms with Gasteiger partial charge in [-0.2, -0.15) is 0 Å². The Bertz CT molecular complexity index is 864. The van der Waals surface area contributed by atoms with Gasteiger partial charge >= 0.3 is 6.03 Å². The molecule has 2 amide bonds. The van der Waals surface area contributed by atoms with Crippen molar-refractivity contribution in [2.24, 2.45) is 0 Å². The maximum absolute atomic E-state index is 11.9. The average Bonchev–Trinajstić information content (AvgIpc) is 3.15. The summed E-state index contributed by atoms with van der Waals surface area (Å²) in [6.07, 6.45) is 3.85. The Morgan fingerprint density at radius 1 is 1.12 bits per heavy atom. The van der Waals surface area contributed by atoms with Gasteiger partial charge in [-0.1, -0.05) is 11.6 Å². The number of amides is 2. The molecule has 3 aromatic rings. The molecule has 0 unspecified atom stereocenters. The van der Waals surface area contributed by atoms with Gasteiger partial charge in [-0.05, 0) is 43.3 Å². The second kappa shape index (κ2) is 8.35. The number of aryl methyl sites for hydroxylation is 1. The number of benzene rings is 1. The zero-order chi connectivity index (χ0) is 18.4. The standard InChI is InChI=1S/C18H19ClN6O/c1-13-22-16(12-17(23-13)25-10-2-3-11-25)20-8-9-21-18(26)24-15-6-4-14(19)5-7-15/h2-7,10-12H,8-9H2,1H3,(H,20,22,23)(H2,21,24,26). The van der Waals surface area contributed by atoms with E-state index >= 15 is 0 Å². The highest BCUT2D eigenvalue weighted by Gasteiger charge is 2.04. The number of carbonyl (C=O) groups excluding carboxylic acids is 1. The maximum Gasteiger partial charge on any atom is 0.319 e. The number of anilines is 2. The van der Waals surface area contributed by atoms with Crippen molar-refractivity contribution in [2.45, 2.75) is 6.92 Å². The van der Waals surface area contributed by atoms with Gasteiger partial charge in [0, 0.05) is 42.3 Å². The fourth-order valence-electron chi connectivity index (χ4n) is 2.34. The first-order valence-electron chi connectivity index (χ1n) is 8.13. The predicted octanol–water partition coefficient (Wildman–Crippen LogP) is 3.46. The SMILES string of the molecule is Cc1nc(NCCNC(=O)Nc2ccc(Cl)cc2)cc(-n2cccc2)n1. The van der Waals surface area contributed by atoms with Crippen LogP contribution >= 0.6 is 11.6 Å². The molecule has 0 saturated heterocycles. The molecule has 3 N–H and O–H groups in total. The van der Waals surface area contributed by atoms with Crippen LogP contribution in [0.2, 0.25) is 5.02 Å². The summed E-state index contributed by atoms with van der Waals surface area (Å²) in [5.74, 6) is 2.17. The van der Waals surface area contributed by atoms with Crippen molar-refractivity contribution in [3.63, 3.8) is 0 Å². The number of nitrogens with one attached hydrogen (secondary N) is 3. The molecular formula is C18H19ClN6O. The minimum Gasteiger partial charge on any atom is -0.368 e. The number of halogens is 1. The Kier molecular flexibility index (Phi) is 5.70. The highest BCUT2D eigenvalue weighted by atomic mass is 35.5. The van der Waals surface area contributed by atoms with Crippen LogP contribution in [-0.2, 0) is 0 Å². The molecule has 0 aliphatic heterocycles. The summed E-state index contributed by atoms with van der Waals surface area (Å²) in [5, 5.41) is 9.33. The highest BCUT2D eigenvalue weighted by Crippen LogP contribution is 2.13. The van der Waals surface area contributed by atoms with Crippen LogP contribution in [0.25, 0.3) is 5.82 Å². The van der Waals surface area contributed by atoms with Gasteiger partial charge in [0.1, 0.15) is 17.5 Å². The van der Waals surface area contributed by atoms with Gasteiger partial charge < -0.3 is 20.5 Å². The van der Waals surface area contributed by atoms with Crippen LogP contribution in [0.4, 0.5) is 16.3 Å². The lowest BCUT2D eigenvalue weighted by atomic mass is 10.3. The number of carbonyl (C=O) groups is 1. The van der Waals surface area contributed by atoms with Crippen molar-refractivity contribution < 1.29 is 4.79 Å². The summed E-state index contributed by atoms with van der Waals surface area (Å²) in [6, 6.07) is 12.4. The molecule has 0 aliphatic rings. The summed E-state index contributed by atoms with van der Waals surface area (Å²) in [6.45, 7) is 2.83. The van der Waals surface area contributed by atoms with Crippen molar-refractivity contribution in [3.05, 3.63) is 65.7 Å². The third-order valence-electron chi connectivity index (χ3n) is 3.51. The molecule has 2 aromatic heterocycles. The summed E-state index contributed by atoms with van der Waals surface area (Å²) in [5.41, 5.74) is 0.683. The number of hydrogen-bond donors (Lipinski definition) is 3. The molecule has 0 atom stereocenters. The van der Waals surface area contributed by atoms with Crippen molar-refractivity contribution in [3.8, 4) is 5.82 Å². The third-order valence-corrected chi connectivity index (χ3v) is 3.76. The quantitative estimate of drug-likeness (QED) is 0.580. The molecule has 8 heteroatoms. The van der Waals surface area contributed by atoms with Crippen LogP contribution in [0.5, 0.6) is 0 Å². The van der Waals surface area contributed by atoms with Gasteiger partial charge in [0.2, 0.25) is 0 Å². The fourth-order valence-corrected chi connectivity index (χ4v) is 2.46. The van der Waals surface area contributed by atoms with E-state index < -0.39 is 0 Å². The molecule has 0 bridgehead atoms. The number of urea groups is 1. The van der Waals surface area contributed by atoms with Crippen LogP contribution in [0.15, 0.2) is 54.9 Å². The van der Waals surface area contributed by atoms with Gasteiger partial charge in [-0.25, -0.2) is 14.8 Å². The Balaban J connectivity index is 1.47. The normalized spacial score (nSPS) is 10.4. The molecule has 0 spiro atoms. The monoisotopic (exact) mass is 370 g/mol. The summed E-state index contributed by atoms with van der Waals surface area (Å²) in [7, 11) is 0. The zero-order valence-electron chi connectivity index (χ0n) is 14.2. The van der Waals surface area contributed by atoms with Crippen LogP contribution < -0.4 is 16.0 Å². The van der Waals surface area contributed by atoms with E-state index in [1.165, 1.54) is 0 Å². The summed E-state index contributed by atoms with van der Waals surface area (Å²) < 4.78 is 1.91. The van der Waals surface area contributed by atoms with E-state index in [2.05, 4.69) is 25.9 Å². The fraction of sp³-hybridized carbons (Fsp3) is 0.167. The van der Waals surface area contributed by atoms with Gasteiger partial charge in [-0.15, -0.1) is 0 Å². The van der Waals surface area contributed by atoms with Crippen LogP contribution in [0.1, 0.15) is 5.82 Å². The van der Waals surface area contributed by atoms with Crippen molar-refractivity contribution >= 4 is 29.1 Å². The molecule has 1 aromatic carbocycles. The Hall–Kier alpha value is -3.06. The van der Waals surface area contributed by atoms with Crippen molar-refractivity contribution in [1.29, 1.82) is 0 Å². The second-order valence-electron chi connectivity index (χ2n) is 5.56. The molecule has 7 nitrogen and oxygen atoms in total. The van der Waals surface area contributed by atoms with E-state index in [9.17, 15) is 4.79 Å². The Labute approximate surface area is 156 Å². The number of hydrogen-bond acceptors (Lipinski definition) is 4. The zero-order valence-corrected chi connectivity index (χ0v) is 15.0. The molecule has 2 heterocycles. The van der Waals surface area contributed by atoms with E-state index in [4.69, 9.17) is 11.6 Å². The number of aromatic nitrogens is 3. The van der Waals surface area contributed by atoms with Crippen molar-refractivity contribution in [1.82, 2.24) is 19.9 Å². The highest BCUT2D eigenvalue weighted by molar-refractivity contribution is 6.30. The van der Waals surface area contributed by atoms with E-state index in [1.54, 1.807) is 24.3 Å². The minimum atomic E-state index is -0.277. The predicted molar refractivity (Wildman–Crippen MR) is 103 cm³/mol. The average molecular weight is 371 g/mol. The Morgan fingerprint density at radius 3 is 2.58 bits per heavy atom. The lowest BCUT2D eigenvalue weighted by molar-refractivity contribution is 0.252. The van der Waals surface area contributed by atoms with Gasteiger partial charge in [0.05, 0.1) is 0 Å². The number of rotatable bonds is 6. The first-order chi connectivity index (χ1) is 12.6. The van der Waals surface area contributed by atoms with Gasteiger partial charge in [-0.3, -0.25) is 0 Å².